The second-order valence-electron chi connectivity index (χ2n) is 24.5. The molecule has 1 atom stereocenters. The number of alkyl halides is 12. The molecule has 7 aromatic carbocycles. The average Bonchev–Trinajstić information content (AvgIpc) is 1.62. The zero-order valence-corrected chi connectivity index (χ0v) is 60.1. The topological polar surface area (TPSA) is 320 Å². The Morgan fingerprint density at radius 2 is 0.879 bits per heavy atom. The molecule has 16 aromatic rings. The lowest BCUT2D eigenvalue weighted by atomic mass is 10.0. The van der Waals surface area contributed by atoms with Crippen molar-refractivity contribution in [2.45, 2.75) is 90.9 Å². The predicted molar refractivity (Wildman–Crippen MR) is 376 cm³/mol. The summed E-state index contributed by atoms with van der Waals surface area (Å²) in [5, 5.41) is 42.8. The fraction of sp³-hybridized carbons (Fsp3) is 0.187. The van der Waals surface area contributed by atoms with Gasteiger partial charge in [-0.25, -0.2) is 14.4 Å². The molecule has 9 heterocycles. The molecule has 1 aliphatic carbocycles. The van der Waals surface area contributed by atoms with Gasteiger partial charge >= 0.3 is 25.4 Å². The molecule has 9 aromatic heterocycles. The number of pyridine rings is 1. The molecule has 0 amide bonds. The number of hydrogen-bond acceptors (Lipinski definition) is 28. The highest BCUT2D eigenvalue weighted by Crippen LogP contribution is 2.43. The van der Waals surface area contributed by atoms with Gasteiger partial charge in [0.15, 0.2) is 46.1 Å². The summed E-state index contributed by atoms with van der Waals surface area (Å²) >= 11 is 1.54. The van der Waals surface area contributed by atoms with Crippen LogP contribution in [0.3, 0.4) is 0 Å². The van der Waals surface area contributed by atoms with Gasteiger partial charge in [-0.3, -0.25) is 4.98 Å². The first-order chi connectivity index (χ1) is 55.5. The summed E-state index contributed by atoms with van der Waals surface area (Å²) in [7, 11) is 0. The average molecular weight is 1640 g/mol. The zero-order chi connectivity index (χ0) is 81.5. The van der Waals surface area contributed by atoms with Crippen LogP contribution in [-0.4, -0.2) is 91.6 Å². The summed E-state index contributed by atoms with van der Waals surface area (Å²) in [5.41, 5.74) is 6.20. The Labute approximate surface area is 644 Å². The van der Waals surface area contributed by atoms with Crippen molar-refractivity contribution in [3.05, 3.63) is 222 Å². The maximum Gasteiger partial charge on any atom is 0.573 e. The third-order valence-electron chi connectivity index (χ3n) is 16.1. The van der Waals surface area contributed by atoms with Crippen LogP contribution in [0.15, 0.2) is 203 Å². The molecule has 41 heteroatoms. The Morgan fingerprint density at radius 1 is 0.431 bits per heavy atom. The van der Waals surface area contributed by atoms with Crippen molar-refractivity contribution in [2.24, 2.45) is 0 Å². The highest BCUT2D eigenvalue weighted by Gasteiger charge is 2.35. The summed E-state index contributed by atoms with van der Waals surface area (Å²) in [4.78, 5) is 12.4. The van der Waals surface area contributed by atoms with Crippen molar-refractivity contribution in [2.75, 3.05) is 0 Å². The van der Waals surface area contributed by atoms with Crippen LogP contribution in [-0.2, 0) is 19.8 Å². The van der Waals surface area contributed by atoms with Gasteiger partial charge in [-0.15, -0.1) is 83.3 Å². The number of halogens is 13. The van der Waals surface area contributed by atoms with E-state index in [0.29, 0.717) is 96.1 Å². The quantitative estimate of drug-likeness (QED) is 0.0603. The lowest BCUT2D eigenvalue weighted by Crippen LogP contribution is -2.16. The molecule has 1 fully saturated rings. The fourth-order valence-corrected chi connectivity index (χ4v) is 11.7. The lowest BCUT2D eigenvalue weighted by molar-refractivity contribution is -0.275. The third-order valence-corrected chi connectivity index (χ3v) is 17.2. The molecule has 0 aliphatic heterocycles. The Balaban J connectivity index is 0.000000128. The van der Waals surface area contributed by atoms with Crippen LogP contribution in [0, 0.1) is 19.7 Å². The molecule has 0 saturated heterocycles. The summed E-state index contributed by atoms with van der Waals surface area (Å²) < 4.78 is 231. The zero-order valence-electron chi connectivity index (χ0n) is 59.3. The maximum atomic E-state index is 14.4. The van der Waals surface area contributed by atoms with Gasteiger partial charge in [-0.1, -0.05) is 59.9 Å². The number of aryl methyl sites for hydroxylation is 2. The van der Waals surface area contributed by atoms with Crippen molar-refractivity contribution < 1.29 is 122 Å². The van der Waals surface area contributed by atoms with Crippen LogP contribution in [0.4, 0.5) is 57.1 Å². The van der Waals surface area contributed by atoms with Crippen LogP contribution in [0.2, 0.25) is 0 Å². The summed E-state index contributed by atoms with van der Waals surface area (Å²) in [6, 6.07) is 38.3. The minimum absolute atomic E-state index is 0.00799. The largest absolute Gasteiger partial charge is 0.573 e. The number of hydrogen-bond donors (Lipinski definition) is 0. The van der Waals surface area contributed by atoms with E-state index >= 15 is 0 Å². The van der Waals surface area contributed by atoms with Gasteiger partial charge < -0.3 is 64.8 Å². The predicted octanol–water partition coefficient (Wildman–Crippen LogP) is 19.9. The Kier molecular flexibility index (Phi) is 22.6. The second-order valence-corrected chi connectivity index (χ2v) is 25.6. The lowest BCUT2D eigenvalue weighted by Gasteiger charge is -2.10. The number of aromatic nitrogens is 13. The standard InChI is InChI=1S/C20H14F3N3O3S.C19H14F3N3O4.C18H11F4N3O4.C18H11F3N4O3/c21-20(22,23)28-14-6-3-11(4-7-14)13-5-8-16-15(9-13)18(26-29-16)27-10-17-24-25-19(30-17)12-1-2-12;1-10(17-24-23-11(2)27-17)26-18-15-9-13(5-8-16(15)29-25-18)12-3-6-14(7-4-12)28-19(20,21)22;1-9-23-24-15(27-9)8-26-17-13-6-11(7-14(19)16(13)29-25-17)10-2-4-12(5-3-10)28-18(20,21)22;19-18(20,21)27-12-4-2-11(3-5-12)14-8-13-15(9-24-14)28-25-17(13)26-10-16-22-6-1-7-23-16/h3-9,12H,1-2,10H2;3-10H,1-2H3;2-7H,8H2,1H3;1-9H,10H2. The highest BCUT2D eigenvalue weighted by molar-refractivity contribution is 7.11. The number of rotatable bonds is 21. The molecule has 0 spiro atoms. The first-order valence-corrected chi connectivity index (χ1v) is 34.6. The third kappa shape index (κ3) is 20.6. The smallest absolute Gasteiger partial charge is 0.468 e. The molecule has 27 nitrogen and oxygen atoms in total. The van der Waals surface area contributed by atoms with E-state index in [4.69, 9.17) is 45.9 Å². The molecule has 0 bridgehead atoms. The van der Waals surface area contributed by atoms with Crippen molar-refractivity contribution in [3.63, 3.8) is 0 Å². The molecule has 0 N–H and O–H groups in total. The van der Waals surface area contributed by atoms with Gasteiger partial charge in [-0.05, 0) is 183 Å². The van der Waals surface area contributed by atoms with Gasteiger partial charge in [0.05, 0.1) is 33.4 Å². The summed E-state index contributed by atoms with van der Waals surface area (Å²) in [6.07, 6.45) is -12.6. The van der Waals surface area contributed by atoms with Gasteiger partial charge in [0.25, 0.3) is 35.3 Å². The molecule has 1 aliphatic rings. The Morgan fingerprint density at radius 3 is 1.40 bits per heavy atom. The SMILES string of the molecule is Cc1nnc(C(C)Oc2noc3ccc(-c4ccc(OC(F)(F)F)cc4)cc23)o1.Cc1nnc(COc2noc3c(F)cc(-c4ccc(OC(F)(F)F)cc4)cc23)o1.FC(F)(F)Oc1ccc(-c2cc3c(OCc4ncccn4)noc3cn2)cc1.FC(F)(F)Oc1ccc(-c2ccc3onc(OCc4nnc(C5CC5)s4)c3c2)cc1. The van der Waals surface area contributed by atoms with Gasteiger partial charge in [-0.2, -0.15) is 0 Å². The summed E-state index contributed by atoms with van der Waals surface area (Å²) in [6.45, 7) is 5.26. The van der Waals surface area contributed by atoms with Gasteiger partial charge in [0.1, 0.15) is 41.2 Å². The normalized spacial score (nSPS) is 12.6. The van der Waals surface area contributed by atoms with Gasteiger partial charge in [0.2, 0.25) is 17.4 Å². The molecule has 1 saturated carbocycles. The van der Waals surface area contributed by atoms with E-state index in [1.165, 1.54) is 96.4 Å². The maximum absolute atomic E-state index is 14.4. The first-order valence-electron chi connectivity index (χ1n) is 33.8. The first kappa shape index (κ1) is 78.7. The summed E-state index contributed by atoms with van der Waals surface area (Å²) in [5.74, 6) is 1.15. The number of nitrogens with zero attached hydrogens (tertiary/aromatic N) is 13. The van der Waals surface area contributed by atoms with Crippen molar-refractivity contribution in [1.82, 2.24) is 66.2 Å². The van der Waals surface area contributed by atoms with Crippen LogP contribution >= 0.6 is 11.3 Å². The van der Waals surface area contributed by atoms with Crippen LogP contribution in [0.1, 0.15) is 71.2 Å². The van der Waals surface area contributed by atoms with Crippen molar-refractivity contribution >= 4 is 55.2 Å². The number of benzene rings is 7. The second kappa shape index (κ2) is 33.3. The van der Waals surface area contributed by atoms with E-state index in [2.05, 4.69) is 85.1 Å². The van der Waals surface area contributed by atoms with Crippen LogP contribution in [0.25, 0.3) is 88.5 Å². The fourth-order valence-electron chi connectivity index (χ4n) is 10.8. The van der Waals surface area contributed by atoms with Gasteiger partial charge in [0, 0.05) is 37.7 Å². The molecule has 596 valence electrons. The molecule has 116 heavy (non-hydrogen) atoms. The highest BCUT2D eigenvalue weighted by atomic mass is 32.1. The molecular weight excluding hydrogens is 1590 g/mol. The number of ether oxygens (including phenoxy) is 8. The minimum atomic E-state index is -4.79. The van der Waals surface area contributed by atoms with E-state index < -0.39 is 37.4 Å². The van der Waals surface area contributed by atoms with E-state index in [1.807, 2.05) is 6.07 Å². The van der Waals surface area contributed by atoms with Crippen LogP contribution < -0.4 is 37.9 Å². The molecule has 17 rings (SSSR count). The molecular formula is C75H50F13N13O14S. The Bertz CT molecular complexity index is 6020. The number of fused-ring (bicyclic) bond motifs is 4. The van der Waals surface area contributed by atoms with Crippen molar-refractivity contribution in [1.29, 1.82) is 0 Å². The van der Waals surface area contributed by atoms with E-state index in [-0.39, 0.29) is 77.3 Å². The van der Waals surface area contributed by atoms with Crippen molar-refractivity contribution in [3.8, 4) is 91.2 Å². The minimum Gasteiger partial charge on any atom is -0.468 e. The molecule has 1 unspecified atom stereocenters. The van der Waals surface area contributed by atoms with E-state index in [1.54, 1.807) is 93.8 Å². The van der Waals surface area contributed by atoms with E-state index in [9.17, 15) is 57.1 Å². The molecule has 0 radical (unpaired) electrons. The monoisotopic (exact) mass is 1640 g/mol. The Hall–Kier alpha value is -14.0. The van der Waals surface area contributed by atoms with Crippen LogP contribution in [0.5, 0.6) is 46.5 Å². The van der Waals surface area contributed by atoms with E-state index in [0.717, 1.165) is 51.7 Å².